The normalized spacial score (nSPS) is 10.6. The van der Waals surface area contributed by atoms with Crippen LogP contribution < -0.4 is 5.32 Å². The maximum Gasteiger partial charge on any atom is 0.338 e. The first-order valence-electron chi connectivity index (χ1n) is 11.5. The van der Waals surface area contributed by atoms with E-state index in [2.05, 4.69) is 10.3 Å². The van der Waals surface area contributed by atoms with Crippen molar-refractivity contribution in [3.05, 3.63) is 89.2 Å². The van der Waals surface area contributed by atoms with Gasteiger partial charge in [-0.3, -0.25) is 9.78 Å². The zero-order valence-electron chi connectivity index (χ0n) is 20.2. The molecule has 0 unspecified atom stereocenters. The minimum atomic E-state index is -0.608. The third kappa shape index (κ3) is 5.38. The maximum absolute atomic E-state index is 13.5. The van der Waals surface area contributed by atoms with Crippen molar-refractivity contribution in [1.29, 1.82) is 0 Å². The van der Waals surface area contributed by atoms with E-state index in [-0.39, 0.29) is 30.0 Å². The zero-order valence-corrected chi connectivity index (χ0v) is 20.2. The fraction of sp³-hybridized carbons (Fsp3) is 0.179. The molecule has 0 aliphatic heterocycles. The third-order valence-electron chi connectivity index (χ3n) is 5.38. The average Bonchev–Trinajstić information content (AvgIpc) is 2.88. The van der Waals surface area contributed by atoms with E-state index in [1.165, 1.54) is 18.2 Å². The molecule has 0 aliphatic rings. The van der Waals surface area contributed by atoms with Crippen LogP contribution in [0.5, 0.6) is 0 Å². The number of carbonyl (C=O) groups excluding carboxylic acids is 3. The summed E-state index contributed by atoms with van der Waals surface area (Å²) < 4.78 is 10.2. The molecule has 8 heteroatoms. The van der Waals surface area contributed by atoms with Gasteiger partial charge in [-0.1, -0.05) is 11.6 Å². The van der Waals surface area contributed by atoms with Crippen molar-refractivity contribution in [2.45, 2.75) is 20.8 Å². The number of fused-ring (bicyclic) bond motifs is 1. The summed E-state index contributed by atoms with van der Waals surface area (Å²) in [5.41, 5.74) is 3.89. The quantitative estimate of drug-likeness (QED) is 0.360. The highest BCUT2D eigenvalue weighted by Gasteiger charge is 2.19. The highest BCUT2D eigenvalue weighted by molar-refractivity contribution is 6.13. The molecular formula is C28H25N3O5. The van der Waals surface area contributed by atoms with Crippen LogP contribution in [0.15, 0.2) is 67.0 Å². The number of pyridine rings is 2. The van der Waals surface area contributed by atoms with Gasteiger partial charge in [0, 0.05) is 29.0 Å². The second-order valence-corrected chi connectivity index (χ2v) is 8.01. The number of aryl methyl sites for hydroxylation is 1. The molecule has 0 saturated heterocycles. The van der Waals surface area contributed by atoms with E-state index in [9.17, 15) is 14.4 Å². The van der Waals surface area contributed by atoms with Crippen LogP contribution >= 0.6 is 0 Å². The summed E-state index contributed by atoms with van der Waals surface area (Å²) in [6.45, 7) is 5.65. The minimum Gasteiger partial charge on any atom is -0.462 e. The SMILES string of the molecule is CCOC(=O)c1cc(NC(=O)c2cc(-c3cccnc3)nc3ccc(C)cc23)cc(C(=O)OCC)c1. The molecule has 4 aromatic rings. The molecule has 2 aromatic heterocycles. The van der Waals surface area contributed by atoms with Gasteiger partial charge in [0.05, 0.1) is 41.1 Å². The van der Waals surface area contributed by atoms with Crippen LogP contribution in [0.25, 0.3) is 22.2 Å². The van der Waals surface area contributed by atoms with Gasteiger partial charge >= 0.3 is 11.9 Å². The number of benzene rings is 2. The van der Waals surface area contributed by atoms with Crippen molar-refractivity contribution < 1.29 is 23.9 Å². The first kappa shape index (κ1) is 24.5. The number of nitrogens with one attached hydrogen (secondary N) is 1. The Balaban J connectivity index is 1.78. The standard InChI is InChI=1S/C28H25N3O5/c1-4-35-27(33)19-12-20(28(34)36-5-2)14-21(13-19)30-26(32)23-15-25(18-7-6-10-29-16-18)31-24-9-8-17(3)11-22(23)24/h6-16H,4-5H2,1-3H3,(H,30,32). The smallest absolute Gasteiger partial charge is 0.338 e. The van der Waals surface area contributed by atoms with E-state index >= 15 is 0 Å². The van der Waals surface area contributed by atoms with Gasteiger partial charge in [-0.2, -0.15) is 0 Å². The number of hydrogen-bond acceptors (Lipinski definition) is 7. The Morgan fingerprint density at radius 2 is 1.58 bits per heavy atom. The number of carbonyl (C=O) groups is 3. The number of amides is 1. The van der Waals surface area contributed by atoms with E-state index in [1.807, 2.05) is 31.2 Å². The van der Waals surface area contributed by atoms with Crippen molar-refractivity contribution in [3.8, 4) is 11.3 Å². The van der Waals surface area contributed by atoms with Crippen molar-refractivity contribution in [2.75, 3.05) is 18.5 Å². The first-order valence-corrected chi connectivity index (χ1v) is 11.5. The summed E-state index contributed by atoms with van der Waals surface area (Å²) in [4.78, 5) is 47.2. The van der Waals surface area contributed by atoms with Gasteiger partial charge in [0.1, 0.15) is 0 Å². The minimum absolute atomic E-state index is 0.129. The van der Waals surface area contributed by atoms with Crippen LogP contribution in [0.4, 0.5) is 5.69 Å². The van der Waals surface area contributed by atoms with Gasteiger partial charge in [-0.15, -0.1) is 0 Å². The molecule has 0 atom stereocenters. The number of nitrogens with zero attached hydrogens (tertiary/aromatic N) is 2. The second-order valence-electron chi connectivity index (χ2n) is 8.01. The van der Waals surface area contributed by atoms with Crippen LogP contribution in [0.3, 0.4) is 0 Å². The fourth-order valence-electron chi connectivity index (χ4n) is 3.75. The van der Waals surface area contributed by atoms with Gasteiger partial charge in [0.25, 0.3) is 5.91 Å². The lowest BCUT2D eigenvalue weighted by Gasteiger charge is -2.13. The molecule has 1 N–H and O–H groups in total. The van der Waals surface area contributed by atoms with E-state index in [0.717, 1.165) is 11.1 Å². The molecule has 0 bridgehead atoms. The molecule has 0 aliphatic carbocycles. The summed E-state index contributed by atoms with van der Waals surface area (Å²) in [6.07, 6.45) is 3.34. The average molecular weight is 484 g/mol. The predicted octanol–water partition coefficient (Wildman–Crippen LogP) is 5.21. The summed E-state index contributed by atoms with van der Waals surface area (Å²) in [5, 5.41) is 3.50. The lowest BCUT2D eigenvalue weighted by Crippen LogP contribution is -2.16. The van der Waals surface area contributed by atoms with Crippen LogP contribution in [0.2, 0.25) is 0 Å². The van der Waals surface area contributed by atoms with E-state index in [4.69, 9.17) is 14.5 Å². The second kappa shape index (κ2) is 10.8. The molecule has 36 heavy (non-hydrogen) atoms. The topological polar surface area (TPSA) is 107 Å². The van der Waals surface area contributed by atoms with Crippen LogP contribution in [0.1, 0.15) is 50.5 Å². The summed E-state index contributed by atoms with van der Waals surface area (Å²) in [7, 11) is 0. The van der Waals surface area contributed by atoms with Gasteiger partial charge in [0.15, 0.2) is 0 Å². The lowest BCUT2D eigenvalue weighted by atomic mass is 10.0. The molecule has 2 heterocycles. The number of hydrogen-bond donors (Lipinski definition) is 1. The molecule has 0 fully saturated rings. The van der Waals surface area contributed by atoms with Gasteiger partial charge in [-0.05, 0) is 69.3 Å². The van der Waals surface area contributed by atoms with Crippen molar-refractivity contribution in [3.63, 3.8) is 0 Å². The van der Waals surface area contributed by atoms with Crippen molar-refractivity contribution in [2.24, 2.45) is 0 Å². The van der Waals surface area contributed by atoms with Crippen molar-refractivity contribution >= 4 is 34.4 Å². The Morgan fingerprint density at radius 1 is 0.889 bits per heavy atom. The Kier molecular flexibility index (Phi) is 7.34. The Morgan fingerprint density at radius 3 is 2.19 bits per heavy atom. The van der Waals surface area contributed by atoms with Gasteiger partial charge < -0.3 is 14.8 Å². The molecule has 8 nitrogen and oxygen atoms in total. The Bertz CT molecular complexity index is 1410. The first-order chi connectivity index (χ1) is 17.4. The summed E-state index contributed by atoms with van der Waals surface area (Å²) >= 11 is 0. The van der Waals surface area contributed by atoms with E-state index < -0.39 is 17.8 Å². The molecule has 1 amide bonds. The number of rotatable bonds is 7. The fourth-order valence-corrected chi connectivity index (χ4v) is 3.75. The highest BCUT2D eigenvalue weighted by atomic mass is 16.5. The molecule has 0 saturated carbocycles. The number of esters is 2. The maximum atomic E-state index is 13.5. The molecule has 4 rings (SSSR count). The molecular weight excluding hydrogens is 458 g/mol. The number of anilines is 1. The Labute approximate surface area is 208 Å². The van der Waals surface area contributed by atoms with Gasteiger partial charge in [-0.25, -0.2) is 14.6 Å². The lowest BCUT2D eigenvalue weighted by molar-refractivity contribution is 0.0525. The highest BCUT2D eigenvalue weighted by Crippen LogP contribution is 2.27. The van der Waals surface area contributed by atoms with Crippen molar-refractivity contribution in [1.82, 2.24) is 9.97 Å². The van der Waals surface area contributed by atoms with Gasteiger partial charge in [0.2, 0.25) is 0 Å². The summed E-state index contributed by atoms with van der Waals surface area (Å²) in [6, 6.07) is 15.4. The predicted molar refractivity (Wildman–Crippen MR) is 136 cm³/mol. The third-order valence-corrected chi connectivity index (χ3v) is 5.38. The van der Waals surface area contributed by atoms with E-state index in [0.29, 0.717) is 22.2 Å². The zero-order chi connectivity index (χ0) is 25.7. The van der Waals surface area contributed by atoms with Crippen LogP contribution in [0, 0.1) is 6.92 Å². The molecule has 182 valence electrons. The van der Waals surface area contributed by atoms with Crippen LogP contribution in [-0.4, -0.2) is 41.0 Å². The number of aromatic nitrogens is 2. The Hall–Kier alpha value is -4.59. The monoisotopic (exact) mass is 483 g/mol. The summed E-state index contributed by atoms with van der Waals surface area (Å²) in [5.74, 6) is -1.64. The van der Waals surface area contributed by atoms with Crippen LogP contribution in [-0.2, 0) is 9.47 Å². The number of ether oxygens (including phenoxy) is 2. The molecule has 0 radical (unpaired) electrons. The molecule has 0 spiro atoms. The largest absolute Gasteiger partial charge is 0.462 e. The van der Waals surface area contributed by atoms with E-state index in [1.54, 1.807) is 38.4 Å². The molecule has 2 aromatic carbocycles.